The molecule has 0 fully saturated rings. The van der Waals surface area contributed by atoms with E-state index in [-0.39, 0.29) is 18.2 Å². The SMILES string of the molecule is CCOC(=O)CCc1c(F)cccc1Br. The number of benzene rings is 1. The molecule has 0 radical (unpaired) electrons. The average molecular weight is 275 g/mol. The van der Waals surface area contributed by atoms with Crippen LogP contribution in [0.25, 0.3) is 0 Å². The predicted molar refractivity (Wildman–Crippen MR) is 59.1 cm³/mol. The lowest BCUT2D eigenvalue weighted by molar-refractivity contribution is -0.143. The Morgan fingerprint density at radius 2 is 2.27 bits per heavy atom. The van der Waals surface area contributed by atoms with Gasteiger partial charge in [-0.05, 0) is 25.5 Å². The first-order valence-corrected chi connectivity index (χ1v) is 5.53. The Morgan fingerprint density at radius 1 is 1.53 bits per heavy atom. The third-order valence-electron chi connectivity index (χ3n) is 1.95. The van der Waals surface area contributed by atoms with Crippen LogP contribution in [0.2, 0.25) is 0 Å². The lowest BCUT2D eigenvalue weighted by Crippen LogP contribution is -2.06. The highest BCUT2D eigenvalue weighted by atomic mass is 79.9. The second-order valence-electron chi connectivity index (χ2n) is 3.01. The molecule has 0 N–H and O–H groups in total. The molecule has 0 aromatic heterocycles. The van der Waals surface area contributed by atoms with Crippen LogP contribution in [0, 0.1) is 5.82 Å². The molecule has 15 heavy (non-hydrogen) atoms. The molecule has 0 aliphatic heterocycles. The molecule has 2 nitrogen and oxygen atoms in total. The van der Waals surface area contributed by atoms with Crippen molar-refractivity contribution in [3.8, 4) is 0 Å². The summed E-state index contributed by atoms with van der Waals surface area (Å²) in [6, 6.07) is 4.75. The van der Waals surface area contributed by atoms with Crippen LogP contribution in [-0.4, -0.2) is 12.6 Å². The summed E-state index contributed by atoms with van der Waals surface area (Å²) in [5.41, 5.74) is 0.519. The Kier molecular flexibility index (Phi) is 4.75. The van der Waals surface area contributed by atoms with Crippen molar-refractivity contribution >= 4 is 21.9 Å². The lowest BCUT2D eigenvalue weighted by Gasteiger charge is -2.05. The summed E-state index contributed by atoms with van der Waals surface area (Å²) in [6.07, 6.45) is 0.555. The predicted octanol–water partition coefficient (Wildman–Crippen LogP) is 3.08. The maximum atomic E-state index is 13.3. The van der Waals surface area contributed by atoms with Gasteiger partial charge in [0.1, 0.15) is 5.82 Å². The number of rotatable bonds is 4. The van der Waals surface area contributed by atoms with Gasteiger partial charge in [0.2, 0.25) is 0 Å². The van der Waals surface area contributed by atoms with Gasteiger partial charge in [-0.3, -0.25) is 4.79 Å². The van der Waals surface area contributed by atoms with Crippen molar-refractivity contribution in [2.75, 3.05) is 6.61 Å². The van der Waals surface area contributed by atoms with Crippen molar-refractivity contribution in [3.63, 3.8) is 0 Å². The Bertz CT molecular complexity index is 332. The third kappa shape index (κ3) is 3.63. The van der Waals surface area contributed by atoms with E-state index < -0.39 is 0 Å². The molecule has 0 unspecified atom stereocenters. The van der Waals surface area contributed by atoms with Crippen molar-refractivity contribution in [1.82, 2.24) is 0 Å². The maximum absolute atomic E-state index is 13.3. The summed E-state index contributed by atoms with van der Waals surface area (Å²) in [6.45, 7) is 2.11. The van der Waals surface area contributed by atoms with E-state index in [2.05, 4.69) is 15.9 Å². The highest BCUT2D eigenvalue weighted by Crippen LogP contribution is 2.21. The van der Waals surface area contributed by atoms with Gasteiger partial charge in [-0.25, -0.2) is 4.39 Å². The minimum absolute atomic E-state index is 0.202. The van der Waals surface area contributed by atoms with E-state index in [0.717, 1.165) is 0 Å². The molecule has 0 heterocycles. The van der Waals surface area contributed by atoms with E-state index >= 15 is 0 Å². The van der Waals surface area contributed by atoms with Crippen molar-refractivity contribution in [2.45, 2.75) is 19.8 Å². The molecule has 0 spiro atoms. The van der Waals surface area contributed by atoms with E-state index in [4.69, 9.17) is 4.74 Å². The number of ether oxygens (including phenoxy) is 1. The second-order valence-corrected chi connectivity index (χ2v) is 3.86. The van der Waals surface area contributed by atoms with E-state index in [1.165, 1.54) is 6.07 Å². The number of hydrogen-bond donors (Lipinski definition) is 0. The number of carbonyl (C=O) groups excluding carboxylic acids is 1. The molecular weight excluding hydrogens is 263 g/mol. The summed E-state index contributed by atoms with van der Waals surface area (Å²) in [7, 11) is 0. The molecule has 0 bridgehead atoms. The maximum Gasteiger partial charge on any atom is 0.306 e. The van der Waals surface area contributed by atoms with Crippen molar-refractivity contribution in [1.29, 1.82) is 0 Å². The summed E-state index contributed by atoms with van der Waals surface area (Å²) in [4.78, 5) is 11.1. The Balaban J connectivity index is 2.61. The van der Waals surface area contributed by atoms with Crippen LogP contribution in [0.1, 0.15) is 18.9 Å². The fraction of sp³-hybridized carbons (Fsp3) is 0.364. The molecule has 4 heteroatoms. The van der Waals surface area contributed by atoms with Gasteiger partial charge in [-0.2, -0.15) is 0 Å². The zero-order chi connectivity index (χ0) is 11.3. The number of carbonyl (C=O) groups is 1. The molecular formula is C11H12BrFO2. The first-order chi connectivity index (χ1) is 7.15. The third-order valence-corrected chi connectivity index (χ3v) is 2.69. The van der Waals surface area contributed by atoms with Crippen LogP contribution in [0.4, 0.5) is 4.39 Å². The van der Waals surface area contributed by atoms with Gasteiger partial charge in [0, 0.05) is 16.5 Å². The van der Waals surface area contributed by atoms with Crippen molar-refractivity contribution < 1.29 is 13.9 Å². The second kappa shape index (κ2) is 5.85. The summed E-state index contributed by atoms with van der Waals surface area (Å²) in [5, 5.41) is 0. The van der Waals surface area contributed by atoms with Gasteiger partial charge < -0.3 is 4.74 Å². The molecule has 0 amide bonds. The van der Waals surface area contributed by atoms with Gasteiger partial charge in [0.15, 0.2) is 0 Å². The fourth-order valence-electron chi connectivity index (χ4n) is 1.23. The van der Waals surface area contributed by atoms with Gasteiger partial charge in [-0.1, -0.05) is 22.0 Å². The van der Waals surface area contributed by atoms with Gasteiger partial charge in [0.05, 0.1) is 6.61 Å². The number of halogens is 2. The molecule has 1 aromatic rings. The molecule has 0 saturated heterocycles. The first kappa shape index (κ1) is 12.2. The number of esters is 1. The summed E-state index contributed by atoms with van der Waals surface area (Å²) >= 11 is 3.24. The molecule has 0 saturated carbocycles. The minimum atomic E-state index is -0.298. The highest BCUT2D eigenvalue weighted by Gasteiger charge is 2.09. The quantitative estimate of drug-likeness (QED) is 0.789. The van der Waals surface area contributed by atoms with Gasteiger partial charge in [-0.15, -0.1) is 0 Å². The van der Waals surface area contributed by atoms with E-state index in [9.17, 15) is 9.18 Å². The van der Waals surface area contributed by atoms with Crippen LogP contribution in [0.5, 0.6) is 0 Å². The molecule has 82 valence electrons. The normalized spacial score (nSPS) is 10.1. The standard InChI is InChI=1S/C11H12BrFO2/c1-2-15-11(14)7-6-8-9(12)4-3-5-10(8)13/h3-5H,2,6-7H2,1H3. The Morgan fingerprint density at radius 3 is 2.87 bits per heavy atom. The van der Waals surface area contributed by atoms with E-state index in [1.807, 2.05) is 0 Å². The van der Waals surface area contributed by atoms with Gasteiger partial charge >= 0.3 is 5.97 Å². The van der Waals surface area contributed by atoms with Crippen LogP contribution < -0.4 is 0 Å². The van der Waals surface area contributed by atoms with Crippen LogP contribution >= 0.6 is 15.9 Å². The molecule has 0 aliphatic carbocycles. The summed E-state index contributed by atoms with van der Waals surface area (Å²) in [5.74, 6) is -0.596. The molecule has 0 atom stereocenters. The molecule has 1 aromatic carbocycles. The zero-order valence-electron chi connectivity index (χ0n) is 8.43. The topological polar surface area (TPSA) is 26.3 Å². The minimum Gasteiger partial charge on any atom is -0.466 e. The monoisotopic (exact) mass is 274 g/mol. The largest absolute Gasteiger partial charge is 0.466 e. The Hall–Kier alpha value is -0.900. The fourth-order valence-corrected chi connectivity index (χ4v) is 1.77. The Labute approximate surface area is 96.6 Å². The van der Waals surface area contributed by atoms with Crippen molar-refractivity contribution in [3.05, 3.63) is 34.1 Å². The molecule has 0 aliphatic rings. The summed E-state index contributed by atoms with van der Waals surface area (Å²) < 4.78 is 18.8. The highest BCUT2D eigenvalue weighted by molar-refractivity contribution is 9.10. The van der Waals surface area contributed by atoms with Crippen LogP contribution in [0.3, 0.4) is 0 Å². The van der Waals surface area contributed by atoms with Crippen LogP contribution in [-0.2, 0) is 16.0 Å². The number of hydrogen-bond acceptors (Lipinski definition) is 2. The smallest absolute Gasteiger partial charge is 0.306 e. The van der Waals surface area contributed by atoms with Crippen LogP contribution in [0.15, 0.2) is 22.7 Å². The molecule has 1 rings (SSSR count). The van der Waals surface area contributed by atoms with Gasteiger partial charge in [0.25, 0.3) is 0 Å². The van der Waals surface area contributed by atoms with E-state index in [0.29, 0.717) is 23.1 Å². The average Bonchev–Trinajstić information content (AvgIpc) is 2.17. The van der Waals surface area contributed by atoms with E-state index in [1.54, 1.807) is 19.1 Å². The lowest BCUT2D eigenvalue weighted by atomic mass is 10.1. The first-order valence-electron chi connectivity index (χ1n) is 4.73. The van der Waals surface area contributed by atoms with Crippen molar-refractivity contribution in [2.24, 2.45) is 0 Å². The zero-order valence-corrected chi connectivity index (χ0v) is 10.0.